The summed E-state index contributed by atoms with van der Waals surface area (Å²) in [5.74, 6) is 1.26. The van der Waals surface area contributed by atoms with Crippen molar-refractivity contribution in [3.8, 4) is 23.4 Å². The Hall–Kier alpha value is -2.58. The van der Waals surface area contributed by atoms with Gasteiger partial charge in [0.1, 0.15) is 11.5 Å². The van der Waals surface area contributed by atoms with Crippen LogP contribution in [-0.4, -0.2) is 17.2 Å². The highest BCUT2D eigenvalue weighted by molar-refractivity contribution is 5.45. The number of aliphatic hydroxyl groups is 1. The van der Waals surface area contributed by atoms with Gasteiger partial charge in [-0.1, -0.05) is 0 Å². The summed E-state index contributed by atoms with van der Waals surface area (Å²) in [5, 5.41) is 18.7. The second-order valence-corrected chi connectivity index (χ2v) is 4.18. The maximum absolute atomic E-state index is 9.69. The Labute approximate surface area is 117 Å². The van der Waals surface area contributed by atoms with Crippen molar-refractivity contribution >= 4 is 0 Å². The Morgan fingerprint density at radius 1 is 1.30 bits per heavy atom. The molecule has 0 saturated carbocycles. The molecule has 0 bridgehead atoms. The number of nitrogens with zero attached hydrogens (tertiary/aromatic N) is 2. The van der Waals surface area contributed by atoms with Gasteiger partial charge < -0.3 is 14.6 Å². The zero-order chi connectivity index (χ0) is 14.5. The molecule has 0 aliphatic carbocycles. The van der Waals surface area contributed by atoms with Crippen LogP contribution in [0.5, 0.6) is 17.4 Å². The van der Waals surface area contributed by atoms with E-state index < -0.39 is 6.10 Å². The van der Waals surface area contributed by atoms with E-state index in [1.165, 1.54) is 7.11 Å². The van der Waals surface area contributed by atoms with Crippen LogP contribution in [0.1, 0.15) is 24.2 Å². The highest BCUT2D eigenvalue weighted by atomic mass is 16.5. The van der Waals surface area contributed by atoms with Gasteiger partial charge in [0, 0.05) is 17.8 Å². The van der Waals surface area contributed by atoms with Gasteiger partial charge >= 0.3 is 0 Å². The molecule has 0 aliphatic heterocycles. The minimum absolute atomic E-state index is 0.305. The quantitative estimate of drug-likeness (QED) is 0.924. The molecule has 1 unspecified atom stereocenters. The van der Waals surface area contributed by atoms with E-state index in [1.54, 1.807) is 43.5 Å². The number of hydrogen-bond acceptors (Lipinski definition) is 5. The number of rotatable bonds is 4. The van der Waals surface area contributed by atoms with Crippen molar-refractivity contribution in [2.45, 2.75) is 13.0 Å². The molecule has 0 spiro atoms. The molecule has 2 rings (SSSR count). The Morgan fingerprint density at radius 3 is 2.70 bits per heavy atom. The standard InChI is InChI=1S/C15H14N2O3/c1-10(18)14-4-3-5-17-15(14)20-13-7-11(9-16)6-12(8-13)19-2/h3-8,10,18H,1-2H3. The average molecular weight is 270 g/mol. The van der Waals surface area contributed by atoms with E-state index in [0.717, 1.165) is 0 Å². The van der Waals surface area contributed by atoms with Crippen molar-refractivity contribution in [2.75, 3.05) is 7.11 Å². The minimum Gasteiger partial charge on any atom is -0.497 e. The molecular weight excluding hydrogens is 256 g/mol. The largest absolute Gasteiger partial charge is 0.497 e. The van der Waals surface area contributed by atoms with Crippen LogP contribution in [-0.2, 0) is 0 Å². The molecule has 1 heterocycles. The fourth-order valence-corrected chi connectivity index (χ4v) is 1.73. The van der Waals surface area contributed by atoms with E-state index in [9.17, 15) is 5.11 Å². The number of ether oxygens (including phenoxy) is 2. The van der Waals surface area contributed by atoms with Crippen LogP contribution < -0.4 is 9.47 Å². The third kappa shape index (κ3) is 3.05. The van der Waals surface area contributed by atoms with Gasteiger partial charge in [-0.3, -0.25) is 0 Å². The summed E-state index contributed by atoms with van der Waals surface area (Å²) in [6, 6.07) is 10.3. The Balaban J connectivity index is 2.38. The van der Waals surface area contributed by atoms with Crippen LogP contribution in [0.2, 0.25) is 0 Å². The molecule has 0 aliphatic rings. The molecule has 0 fully saturated rings. The average Bonchev–Trinajstić information content (AvgIpc) is 2.47. The summed E-state index contributed by atoms with van der Waals surface area (Å²) >= 11 is 0. The SMILES string of the molecule is COc1cc(C#N)cc(Oc2ncccc2C(C)O)c1. The summed E-state index contributed by atoms with van der Waals surface area (Å²) in [4.78, 5) is 4.10. The smallest absolute Gasteiger partial charge is 0.225 e. The third-order valence-electron chi connectivity index (χ3n) is 2.71. The normalized spacial score (nSPS) is 11.5. The molecule has 1 N–H and O–H groups in total. The van der Waals surface area contributed by atoms with Crippen molar-refractivity contribution < 1.29 is 14.6 Å². The Kier molecular flexibility index (Phi) is 4.18. The zero-order valence-corrected chi connectivity index (χ0v) is 11.2. The lowest BCUT2D eigenvalue weighted by Crippen LogP contribution is -1.98. The fourth-order valence-electron chi connectivity index (χ4n) is 1.73. The van der Waals surface area contributed by atoms with Crippen LogP contribution in [0.15, 0.2) is 36.5 Å². The van der Waals surface area contributed by atoms with Crippen LogP contribution in [0.25, 0.3) is 0 Å². The highest BCUT2D eigenvalue weighted by Gasteiger charge is 2.12. The van der Waals surface area contributed by atoms with Crippen molar-refractivity contribution in [2.24, 2.45) is 0 Å². The first-order valence-corrected chi connectivity index (χ1v) is 6.04. The topological polar surface area (TPSA) is 75.4 Å². The molecule has 1 aromatic heterocycles. The minimum atomic E-state index is -0.695. The van der Waals surface area contributed by atoms with Crippen molar-refractivity contribution in [3.63, 3.8) is 0 Å². The number of aliphatic hydroxyl groups excluding tert-OH is 1. The maximum Gasteiger partial charge on any atom is 0.225 e. The van der Waals surface area contributed by atoms with Gasteiger partial charge in [-0.2, -0.15) is 5.26 Å². The van der Waals surface area contributed by atoms with Crippen molar-refractivity contribution in [1.82, 2.24) is 4.98 Å². The number of hydrogen-bond donors (Lipinski definition) is 1. The van der Waals surface area contributed by atoms with Crippen molar-refractivity contribution in [3.05, 3.63) is 47.7 Å². The zero-order valence-electron chi connectivity index (χ0n) is 11.2. The lowest BCUT2D eigenvalue weighted by molar-refractivity contribution is 0.194. The summed E-state index contributed by atoms with van der Waals surface area (Å²) in [6.45, 7) is 1.64. The summed E-state index contributed by atoms with van der Waals surface area (Å²) in [6.07, 6.45) is 0.881. The van der Waals surface area contributed by atoms with E-state index in [2.05, 4.69) is 4.98 Å². The van der Waals surface area contributed by atoms with Crippen LogP contribution in [0.3, 0.4) is 0 Å². The van der Waals surface area contributed by atoms with E-state index in [-0.39, 0.29) is 0 Å². The predicted molar refractivity (Wildman–Crippen MR) is 72.7 cm³/mol. The second kappa shape index (κ2) is 6.04. The van der Waals surface area contributed by atoms with Gasteiger partial charge in [0.25, 0.3) is 0 Å². The molecular formula is C15H14N2O3. The maximum atomic E-state index is 9.69. The Morgan fingerprint density at radius 2 is 2.05 bits per heavy atom. The first-order chi connectivity index (χ1) is 9.63. The molecule has 0 radical (unpaired) electrons. The molecule has 102 valence electrons. The van der Waals surface area contributed by atoms with Gasteiger partial charge in [0.2, 0.25) is 5.88 Å². The second-order valence-electron chi connectivity index (χ2n) is 4.18. The van der Waals surface area contributed by atoms with Gasteiger partial charge in [0.05, 0.1) is 24.8 Å². The van der Waals surface area contributed by atoms with E-state index >= 15 is 0 Å². The monoisotopic (exact) mass is 270 g/mol. The lowest BCUT2D eigenvalue weighted by atomic mass is 10.2. The summed E-state index contributed by atoms with van der Waals surface area (Å²) in [5.41, 5.74) is 1.00. The molecule has 5 heteroatoms. The van der Waals surface area contributed by atoms with E-state index in [1.807, 2.05) is 6.07 Å². The van der Waals surface area contributed by atoms with Gasteiger partial charge in [-0.25, -0.2) is 4.98 Å². The number of methoxy groups -OCH3 is 1. The van der Waals surface area contributed by atoms with Gasteiger partial charge in [0.15, 0.2) is 0 Å². The van der Waals surface area contributed by atoms with E-state index in [0.29, 0.717) is 28.5 Å². The highest BCUT2D eigenvalue weighted by Crippen LogP contribution is 2.30. The molecule has 0 saturated heterocycles. The van der Waals surface area contributed by atoms with Crippen molar-refractivity contribution in [1.29, 1.82) is 5.26 Å². The molecule has 1 aromatic carbocycles. The molecule has 5 nitrogen and oxygen atoms in total. The number of aromatic nitrogens is 1. The lowest BCUT2D eigenvalue weighted by Gasteiger charge is -2.12. The Bertz CT molecular complexity index is 648. The van der Waals surface area contributed by atoms with Crippen LogP contribution in [0, 0.1) is 11.3 Å². The fraction of sp³-hybridized carbons (Fsp3) is 0.200. The van der Waals surface area contributed by atoms with E-state index in [4.69, 9.17) is 14.7 Å². The molecule has 1 atom stereocenters. The predicted octanol–water partition coefficient (Wildman–Crippen LogP) is 2.81. The molecule has 0 amide bonds. The summed E-state index contributed by atoms with van der Waals surface area (Å²) in [7, 11) is 1.52. The number of pyridine rings is 1. The first kappa shape index (κ1) is 13.8. The number of benzene rings is 1. The van der Waals surface area contributed by atoms with Gasteiger partial charge in [-0.05, 0) is 31.2 Å². The number of nitriles is 1. The van der Waals surface area contributed by atoms with Gasteiger partial charge in [-0.15, -0.1) is 0 Å². The third-order valence-corrected chi connectivity index (χ3v) is 2.71. The molecule has 2 aromatic rings. The molecule has 20 heavy (non-hydrogen) atoms. The first-order valence-electron chi connectivity index (χ1n) is 6.04. The summed E-state index contributed by atoms with van der Waals surface area (Å²) < 4.78 is 10.8. The van der Waals surface area contributed by atoms with Crippen LogP contribution in [0.4, 0.5) is 0 Å². The van der Waals surface area contributed by atoms with Crippen LogP contribution >= 0.6 is 0 Å².